The molecule has 16 nitrogen and oxygen atoms in total. The smallest absolute Gasteiger partial charge is 0.475 e. The highest BCUT2D eigenvalue weighted by Gasteiger charge is 2.43. The monoisotopic (exact) mass is 924 g/mol. The molecule has 0 bridgehead atoms. The molecule has 0 aliphatic carbocycles. The van der Waals surface area contributed by atoms with Crippen molar-refractivity contribution in [3.8, 4) is 45.5 Å². The van der Waals surface area contributed by atoms with Crippen LogP contribution in [-0.2, 0) is 23.7 Å². The van der Waals surface area contributed by atoms with Gasteiger partial charge in [-0.2, -0.15) is 9.97 Å². The van der Waals surface area contributed by atoms with Crippen LogP contribution in [0.3, 0.4) is 0 Å². The van der Waals surface area contributed by atoms with Crippen LogP contribution in [0.15, 0.2) is 78.9 Å². The Morgan fingerprint density at radius 3 is 2.07 bits per heavy atom. The zero-order chi connectivity index (χ0) is 46.3. The quantitative estimate of drug-likeness (QED) is 0.0732. The number of aromatic nitrogens is 2. The van der Waals surface area contributed by atoms with Crippen LogP contribution in [0.25, 0.3) is 22.3 Å². The van der Waals surface area contributed by atoms with Crippen molar-refractivity contribution >= 4 is 28.9 Å². The number of morpholine rings is 2. The zero-order valence-electron chi connectivity index (χ0n) is 37.5. The van der Waals surface area contributed by atoms with Crippen molar-refractivity contribution in [2.45, 2.75) is 52.0 Å². The van der Waals surface area contributed by atoms with Gasteiger partial charge in [-0.05, 0) is 121 Å². The number of aryl methyl sites for hydroxylation is 2. The van der Waals surface area contributed by atoms with Gasteiger partial charge in [-0.3, -0.25) is 4.79 Å². The summed E-state index contributed by atoms with van der Waals surface area (Å²) >= 11 is 0. The van der Waals surface area contributed by atoms with Gasteiger partial charge in [0.15, 0.2) is 24.1 Å². The number of benzene rings is 3. The minimum atomic E-state index is -3.79. The van der Waals surface area contributed by atoms with Crippen molar-refractivity contribution in [2.24, 2.45) is 0 Å². The Morgan fingerprint density at radius 2 is 1.36 bits per heavy atom. The maximum atomic E-state index is 13.6. The summed E-state index contributed by atoms with van der Waals surface area (Å²) in [6.07, 6.45) is -1.54. The topological polar surface area (TPSA) is 170 Å². The minimum absolute atomic E-state index is 0.126. The molecule has 3 aromatic carbocycles. The number of amides is 1. The number of alkyl halides is 2. The highest BCUT2D eigenvalue weighted by atomic mass is 19.3. The summed E-state index contributed by atoms with van der Waals surface area (Å²) in [5.74, 6) is 1.43. The fourth-order valence-electron chi connectivity index (χ4n) is 8.23. The molecule has 9 rings (SSSR count). The fraction of sp³-hybridized carbons (Fsp3) is 0.408. The summed E-state index contributed by atoms with van der Waals surface area (Å²) in [4.78, 5) is 27.3. The van der Waals surface area contributed by atoms with Gasteiger partial charge in [0.05, 0.1) is 39.6 Å². The van der Waals surface area contributed by atoms with Crippen LogP contribution >= 0.6 is 0 Å². The maximum absolute atomic E-state index is 13.6. The summed E-state index contributed by atoms with van der Waals surface area (Å²) < 4.78 is 78.2. The summed E-state index contributed by atoms with van der Waals surface area (Å²) in [6.45, 7) is 9.67. The first-order valence-electron chi connectivity index (χ1n) is 22.5. The van der Waals surface area contributed by atoms with E-state index in [0.29, 0.717) is 94.8 Å². The third-order valence-electron chi connectivity index (χ3n) is 11.7. The van der Waals surface area contributed by atoms with E-state index < -0.39 is 18.5 Å². The zero-order valence-corrected chi connectivity index (χ0v) is 37.5. The number of hydrogen-bond acceptors (Lipinski definition) is 15. The lowest BCUT2D eigenvalue weighted by molar-refractivity contribution is -0.286. The molecule has 67 heavy (non-hydrogen) atoms. The van der Waals surface area contributed by atoms with Crippen molar-refractivity contribution in [2.75, 3.05) is 99.9 Å². The molecule has 2 atom stereocenters. The van der Waals surface area contributed by atoms with Crippen molar-refractivity contribution < 1.29 is 56.2 Å². The molecule has 354 valence electrons. The average Bonchev–Trinajstić information content (AvgIpc) is 3.66. The molecule has 0 saturated carbocycles. The van der Waals surface area contributed by atoms with E-state index in [9.17, 15) is 13.6 Å². The number of nitrogens with zero attached hydrogens (tertiary/aromatic N) is 4. The molecule has 1 amide bonds. The van der Waals surface area contributed by atoms with Gasteiger partial charge in [0.2, 0.25) is 11.8 Å². The SMILES string of the molecule is Cc1ccc(N)cc1-c1cc(OCCOC2CCCCO2)nc(N2CCOC(OCCOc3cc(-c4cc(NC(=O)c5ccc6c(c5)OC(F)(F)O6)ccc4C)cc(N4CCOCC4)n3)C2)c1. The Labute approximate surface area is 387 Å². The average molecular weight is 925 g/mol. The number of nitrogens with one attached hydrogen (secondary N) is 1. The van der Waals surface area contributed by atoms with Crippen molar-refractivity contribution in [1.82, 2.24) is 9.97 Å². The Morgan fingerprint density at radius 1 is 0.716 bits per heavy atom. The first-order chi connectivity index (χ1) is 32.5. The van der Waals surface area contributed by atoms with Gasteiger partial charge in [-0.25, -0.2) is 0 Å². The molecular weight excluding hydrogens is 871 g/mol. The number of halogens is 2. The fourth-order valence-corrected chi connectivity index (χ4v) is 8.23. The van der Waals surface area contributed by atoms with Gasteiger partial charge in [0.25, 0.3) is 5.91 Å². The lowest BCUT2D eigenvalue weighted by Crippen LogP contribution is -2.44. The molecule has 4 aliphatic rings. The van der Waals surface area contributed by atoms with Gasteiger partial charge < -0.3 is 63.5 Å². The van der Waals surface area contributed by atoms with Gasteiger partial charge in [0.1, 0.15) is 24.8 Å². The third kappa shape index (κ3) is 11.6. The molecule has 2 aromatic heterocycles. The van der Waals surface area contributed by atoms with Gasteiger partial charge in [-0.15, -0.1) is 8.78 Å². The largest absolute Gasteiger partial charge is 0.586 e. The normalized spacial score (nSPS) is 19.0. The van der Waals surface area contributed by atoms with Crippen molar-refractivity contribution in [3.63, 3.8) is 0 Å². The molecular formula is C49H54F2N6O10. The number of hydrogen-bond donors (Lipinski definition) is 2. The Hall–Kier alpha value is -6.31. The number of fused-ring (bicyclic) bond motifs is 1. The summed E-state index contributed by atoms with van der Waals surface area (Å²) in [6, 6.07) is 23.1. The number of nitrogen functional groups attached to an aromatic ring is 1. The first-order valence-corrected chi connectivity index (χ1v) is 22.5. The molecule has 3 saturated heterocycles. The molecule has 6 heterocycles. The Balaban J connectivity index is 0.858. The van der Waals surface area contributed by atoms with Crippen LogP contribution in [0.5, 0.6) is 23.3 Å². The molecule has 2 unspecified atom stereocenters. The molecule has 3 N–H and O–H groups in total. The van der Waals surface area contributed by atoms with Gasteiger partial charge >= 0.3 is 6.29 Å². The highest BCUT2D eigenvalue weighted by Crippen LogP contribution is 2.41. The molecule has 5 aromatic rings. The highest BCUT2D eigenvalue weighted by molar-refractivity contribution is 6.05. The molecule has 0 spiro atoms. The van der Waals surface area contributed by atoms with E-state index in [4.69, 9.17) is 48.9 Å². The van der Waals surface area contributed by atoms with Gasteiger partial charge in [-0.1, -0.05) is 12.1 Å². The number of pyridine rings is 2. The summed E-state index contributed by atoms with van der Waals surface area (Å²) in [5.41, 5.74) is 13.1. The molecule has 4 aliphatic heterocycles. The second-order valence-electron chi connectivity index (χ2n) is 16.6. The van der Waals surface area contributed by atoms with Crippen LogP contribution < -0.4 is 39.8 Å². The van der Waals surface area contributed by atoms with Crippen molar-refractivity contribution in [1.29, 1.82) is 0 Å². The van der Waals surface area contributed by atoms with E-state index in [1.807, 2.05) is 68.4 Å². The van der Waals surface area contributed by atoms with E-state index in [-0.39, 0.29) is 36.6 Å². The second-order valence-corrected chi connectivity index (χ2v) is 16.6. The minimum Gasteiger partial charge on any atom is -0.475 e. The lowest BCUT2D eigenvalue weighted by Gasteiger charge is -2.33. The Bertz CT molecular complexity index is 2540. The number of anilines is 4. The maximum Gasteiger partial charge on any atom is 0.586 e. The molecule has 3 fully saturated rings. The Kier molecular flexibility index (Phi) is 14.2. The number of ether oxygens (including phenoxy) is 9. The van der Waals surface area contributed by atoms with E-state index in [0.717, 1.165) is 58.5 Å². The summed E-state index contributed by atoms with van der Waals surface area (Å²) in [7, 11) is 0. The molecule has 0 radical (unpaired) electrons. The number of rotatable bonds is 16. The van der Waals surface area contributed by atoms with E-state index in [2.05, 4.69) is 24.6 Å². The third-order valence-corrected chi connectivity index (χ3v) is 11.7. The lowest BCUT2D eigenvalue weighted by atomic mass is 10.00. The predicted octanol–water partition coefficient (Wildman–Crippen LogP) is 7.60. The number of nitrogens with two attached hydrogens (primary N) is 1. The van der Waals surface area contributed by atoms with Crippen molar-refractivity contribution in [3.05, 3.63) is 95.6 Å². The van der Waals surface area contributed by atoms with Crippen LogP contribution in [0.1, 0.15) is 40.7 Å². The summed E-state index contributed by atoms with van der Waals surface area (Å²) in [5, 5.41) is 2.87. The van der Waals surface area contributed by atoms with E-state index in [1.54, 1.807) is 6.07 Å². The van der Waals surface area contributed by atoms with Crippen LogP contribution in [0.4, 0.5) is 31.8 Å². The number of carbonyl (C=O) groups excluding carboxylic acids is 1. The number of carbonyl (C=O) groups is 1. The second kappa shape index (κ2) is 20.7. The standard InChI is InChI=1S/C49H54F2N6O10/c1-31-6-9-36(52)28-38(31)34-25-43(55-45(26-34)60-19-21-64-46-5-3-4-15-62-46)57-14-18-63-47(30-57)65-22-20-61-44-27-35(24-42(54-44)56-12-16-59-17-13-56)39-29-37(10-7-32(39)2)53-48(58)33-8-11-40-41(23-33)67-49(50,51)66-40/h6-11,23-29,46-47H,3-5,12-22,30,52H2,1-2H3,(H,53,58). The first kappa shape index (κ1) is 45.8. The molecule has 18 heteroatoms. The van der Waals surface area contributed by atoms with Gasteiger partial charge in [0, 0.05) is 55.3 Å². The van der Waals surface area contributed by atoms with E-state index in [1.165, 1.54) is 18.2 Å². The van der Waals surface area contributed by atoms with E-state index >= 15 is 0 Å². The predicted molar refractivity (Wildman–Crippen MR) is 245 cm³/mol. The van der Waals surface area contributed by atoms with Crippen LogP contribution in [0.2, 0.25) is 0 Å². The van der Waals surface area contributed by atoms with Crippen LogP contribution in [-0.4, -0.2) is 114 Å². The van der Waals surface area contributed by atoms with Crippen LogP contribution in [0, 0.1) is 13.8 Å².